The number of benzene rings is 1. The van der Waals surface area contributed by atoms with Crippen molar-refractivity contribution in [1.29, 1.82) is 0 Å². The van der Waals surface area contributed by atoms with E-state index in [1.54, 1.807) is 7.11 Å². The highest BCUT2D eigenvalue weighted by Crippen LogP contribution is 2.24. The second kappa shape index (κ2) is 10.7. The maximum absolute atomic E-state index is 13.1. The van der Waals surface area contributed by atoms with E-state index in [1.807, 2.05) is 29.7 Å². The number of alkyl halides is 1. The Morgan fingerprint density at radius 2 is 1.89 bits per heavy atom. The van der Waals surface area contributed by atoms with Crippen molar-refractivity contribution in [2.75, 3.05) is 38.2 Å². The smallest absolute Gasteiger partial charge is 0.270 e. The van der Waals surface area contributed by atoms with Crippen molar-refractivity contribution in [3.05, 3.63) is 83.5 Å². The van der Waals surface area contributed by atoms with Crippen LogP contribution in [0.15, 0.2) is 66.5 Å². The summed E-state index contributed by atoms with van der Waals surface area (Å²) in [7, 11) is 1.61. The second-order valence-electron chi connectivity index (χ2n) is 9.09. The van der Waals surface area contributed by atoms with Crippen LogP contribution in [-0.2, 0) is 13.0 Å². The Hall–Kier alpha value is -3.45. The maximum Gasteiger partial charge on any atom is 0.270 e. The van der Waals surface area contributed by atoms with Crippen molar-refractivity contribution in [1.82, 2.24) is 19.6 Å². The largest absolute Gasteiger partial charge is 0.493 e. The number of aromatic nitrogens is 2. The number of nitrogens with zero attached hydrogens (tertiary/aromatic N) is 4. The molecular formula is C28H32ClN5O2. The number of fused-ring (bicyclic) bond motifs is 1. The summed E-state index contributed by atoms with van der Waals surface area (Å²) in [6.07, 6.45) is 9.88. The number of ether oxygens (including phenoxy) is 1. The number of hydrogen-bond donors (Lipinski definition) is 1. The Morgan fingerprint density at radius 3 is 2.56 bits per heavy atom. The van der Waals surface area contributed by atoms with Crippen LogP contribution in [0.4, 0.5) is 5.69 Å². The van der Waals surface area contributed by atoms with Crippen molar-refractivity contribution >= 4 is 28.8 Å². The number of amides is 1. The monoisotopic (exact) mass is 505 g/mol. The van der Waals surface area contributed by atoms with Gasteiger partial charge in [0.2, 0.25) is 0 Å². The molecule has 1 amide bonds. The van der Waals surface area contributed by atoms with Crippen LogP contribution in [0.25, 0.3) is 5.65 Å². The maximum atomic E-state index is 13.1. The van der Waals surface area contributed by atoms with Crippen molar-refractivity contribution < 1.29 is 9.53 Å². The fourth-order valence-corrected chi connectivity index (χ4v) is 5.03. The van der Waals surface area contributed by atoms with E-state index in [0.717, 1.165) is 43.9 Å². The Balaban J connectivity index is 1.19. The van der Waals surface area contributed by atoms with Crippen LogP contribution < -0.4 is 15.0 Å². The number of carbonyl (C=O) groups is 1. The van der Waals surface area contributed by atoms with Gasteiger partial charge in [-0.1, -0.05) is 31.2 Å². The van der Waals surface area contributed by atoms with Crippen molar-refractivity contribution in [2.45, 2.75) is 31.7 Å². The van der Waals surface area contributed by atoms with Crippen LogP contribution in [0.1, 0.15) is 35.1 Å². The summed E-state index contributed by atoms with van der Waals surface area (Å²) in [5.41, 5.74) is 5.53. The van der Waals surface area contributed by atoms with Gasteiger partial charge in [-0.25, -0.2) is 4.98 Å². The van der Waals surface area contributed by atoms with Crippen LogP contribution in [0.3, 0.4) is 0 Å². The van der Waals surface area contributed by atoms with Gasteiger partial charge in [0.25, 0.3) is 5.91 Å². The summed E-state index contributed by atoms with van der Waals surface area (Å²) in [5.74, 6) is 0.512. The van der Waals surface area contributed by atoms with E-state index in [0.29, 0.717) is 30.1 Å². The molecule has 1 aliphatic carbocycles. The van der Waals surface area contributed by atoms with E-state index in [-0.39, 0.29) is 11.3 Å². The topological polar surface area (TPSA) is 62.1 Å². The molecule has 8 heteroatoms. The average Bonchev–Trinajstić information content (AvgIpc) is 3.32. The van der Waals surface area contributed by atoms with Crippen LogP contribution in [0, 0.1) is 0 Å². The van der Waals surface area contributed by atoms with Gasteiger partial charge in [0, 0.05) is 50.3 Å². The number of hydrogen-bond acceptors (Lipinski definition) is 5. The third kappa shape index (κ3) is 4.93. The van der Waals surface area contributed by atoms with Gasteiger partial charge in [0.1, 0.15) is 5.69 Å². The normalized spacial score (nSPS) is 17.9. The van der Waals surface area contributed by atoms with Crippen molar-refractivity contribution in [3.8, 4) is 5.75 Å². The van der Waals surface area contributed by atoms with Crippen LogP contribution in [0.2, 0.25) is 0 Å². The summed E-state index contributed by atoms with van der Waals surface area (Å²) in [6, 6.07) is 12.2. The van der Waals surface area contributed by atoms with Gasteiger partial charge in [-0.15, -0.1) is 11.6 Å². The molecule has 2 aliphatic rings. The standard InChI is InChI=1S/C28H32ClN5O2/c1-3-24-26(34-14-4-5-25(36-2)27(34)31-24)28(35)30-19-20-6-10-22(11-7-20)32-15-17-33(18-16-32)23-12-8-21(29)9-13-23/h4-8,10-14,21H,3,9,15-19H2,1-2H3,(H,30,35). The minimum absolute atomic E-state index is 0.120. The molecule has 3 heterocycles. The Kier molecular flexibility index (Phi) is 7.18. The number of aryl methyl sites for hydroxylation is 1. The zero-order valence-electron chi connectivity index (χ0n) is 20.8. The van der Waals surface area contributed by atoms with Gasteiger partial charge in [0.15, 0.2) is 11.4 Å². The third-order valence-electron chi connectivity index (χ3n) is 6.88. The average molecular weight is 506 g/mol. The number of carbonyl (C=O) groups excluding carboxylic acids is 1. The molecule has 7 nitrogen and oxygen atoms in total. The van der Waals surface area contributed by atoms with Crippen LogP contribution >= 0.6 is 11.6 Å². The number of nitrogens with one attached hydrogen (secondary N) is 1. The first-order valence-corrected chi connectivity index (χ1v) is 12.9. The first-order chi connectivity index (χ1) is 17.6. The van der Waals surface area contributed by atoms with Gasteiger partial charge < -0.3 is 19.9 Å². The molecule has 1 fully saturated rings. The highest BCUT2D eigenvalue weighted by Gasteiger charge is 2.21. The van der Waals surface area contributed by atoms with E-state index >= 15 is 0 Å². The van der Waals surface area contributed by atoms with Gasteiger partial charge in [-0.2, -0.15) is 0 Å². The number of methoxy groups -OCH3 is 1. The number of allylic oxidation sites excluding steroid dienone is 3. The van der Waals surface area contributed by atoms with E-state index in [2.05, 4.69) is 62.6 Å². The first-order valence-electron chi connectivity index (χ1n) is 12.5. The molecule has 188 valence electrons. The number of imidazole rings is 1. The van der Waals surface area contributed by atoms with Gasteiger partial charge in [-0.3, -0.25) is 9.20 Å². The van der Waals surface area contributed by atoms with Crippen LogP contribution in [0.5, 0.6) is 5.75 Å². The second-order valence-corrected chi connectivity index (χ2v) is 9.65. The molecule has 1 N–H and O–H groups in total. The highest BCUT2D eigenvalue weighted by atomic mass is 35.5. The minimum atomic E-state index is -0.139. The predicted octanol–water partition coefficient (Wildman–Crippen LogP) is 4.41. The summed E-state index contributed by atoms with van der Waals surface area (Å²) in [4.78, 5) is 22.6. The molecule has 5 rings (SSSR count). The molecule has 3 aromatic rings. The third-order valence-corrected chi connectivity index (χ3v) is 7.21. The van der Waals surface area contributed by atoms with E-state index in [4.69, 9.17) is 16.3 Å². The Morgan fingerprint density at radius 1 is 1.14 bits per heavy atom. The number of rotatable bonds is 7. The zero-order chi connectivity index (χ0) is 25.1. The SMILES string of the molecule is CCc1nc2c(OC)cccn2c1C(=O)NCc1ccc(N2CCN(C3=CCC(Cl)C=C3)CC2)cc1. The van der Waals surface area contributed by atoms with Gasteiger partial charge in [-0.05, 0) is 48.7 Å². The fraction of sp³-hybridized carbons (Fsp3) is 0.357. The number of pyridine rings is 1. The molecule has 1 atom stereocenters. The molecule has 1 saturated heterocycles. The molecule has 2 aromatic heterocycles. The highest BCUT2D eigenvalue weighted by molar-refractivity contribution is 6.22. The summed E-state index contributed by atoms with van der Waals surface area (Å²) < 4.78 is 7.23. The molecule has 0 radical (unpaired) electrons. The Bertz CT molecular complexity index is 1290. The fourth-order valence-electron chi connectivity index (χ4n) is 4.87. The lowest BCUT2D eigenvalue weighted by Crippen LogP contribution is -2.45. The van der Waals surface area contributed by atoms with E-state index < -0.39 is 0 Å². The van der Waals surface area contributed by atoms with E-state index in [1.165, 1.54) is 11.4 Å². The lowest BCUT2D eigenvalue weighted by atomic mass is 10.1. The Labute approximate surface area is 217 Å². The molecule has 0 spiro atoms. The van der Waals surface area contributed by atoms with Crippen molar-refractivity contribution in [2.24, 2.45) is 0 Å². The van der Waals surface area contributed by atoms with Gasteiger partial charge in [0.05, 0.1) is 18.2 Å². The molecular weight excluding hydrogens is 474 g/mol. The molecule has 1 aliphatic heterocycles. The molecule has 36 heavy (non-hydrogen) atoms. The lowest BCUT2D eigenvalue weighted by molar-refractivity contribution is 0.0944. The molecule has 0 bridgehead atoms. The van der Waals surface area contributed by atoms with Crippen molar-refractivity contribution in [3.63, 3.8) is 0 Å². The lowest BCUT2D eigenvalue weighted by Gasteiger charge is -2.38. The quantitative estimate of drug-likeness (QED) is 0.482. The summed E-state index contributed by atoms with van der Waals surface area (Å²) in [5, 5.41) is 3.19. The number of halogens is 1. The predicted molar refractivity (Wildman–Crippen MR) is 144 cm³/mol. The summed E-state index contributed by atoms with van der Waals surface area (Å²) in [6.45, 7) is 6.39. The van der Waals surface area contributed by atoms with Crippen LogP contribution in [-0.4, -0.2) is 58.9 Å². The first kappa shape index (κ1) is 24.3. The number of anilines is 1. The van der Waals surface area contributed by atoms with E-state index in [9.17, 15) is 4.79 Å². The molecule has 1 unspecified atom stereocenters. The molecule has 1 aromatic carbocycles. The zero-order valence-corrected chi connectivity index (χ0v) is 21.5. The number of piperazine rings is 1. The molecule has 0 saturated carbocycles. The minimum Gasteiger partial charge on any atom is -0.493 e. The summed E-state index contributed by atoms with van der Waals surface area (Å²) >= 11 is 6.16. The van der Waals surface area contributed by atoms with Gasteiger partial charge >= 0.3 is 0 Å².